The van der Waals surface area contributed by atoms with E-state index in [1.807, 2.05) is 0 Å². The van der Waals surface area contributed by atoms with Crippen molar-refractivity contribution in [1.29, 1.82) is 0 Å². The Morgan fingerprint density at radius 1 is 0.696 bits per heavy atom. The molecule has 2 heterocycles. The van der Waals surface area contributed by atoms with E-state index in [-0.39, 0.29) is 24.5 Å². The standard InChI is InChI=1S/C31H56N2O13/c1-3-4-5-6-7-8-9-10-13-19(18(2)36)32-22(37)14-11-12-15-23(38)33-30-27(42)26(41)29(21(17-35)44-30)46-31-28(43)25(40)24(39)20(16-34)45-31/h19-21,24-31,34-35,39-43H,3-17H2,1-2H3,(H,32,37)(H,33,38)/t19?,20?,21?,24-,25?,26+,27?,28-,29+,30+,31-/m0/s1. The van der Waals surface area contributed by atoms with Gasteiger partial charge in [-0.1, -0.05) is 58.3 Å². The number of ketones is 1. The van der Waals surface area contributed by atoms with Crippen molar-refractivity contribution in [2.45, 2.75) is 165 Å². The predicted octanol–water partition coefficient (Wildman–Crippen LogP) is -1.11. The second-order valence-corrected chi connectivity index (χ2v) is 12.3. The number of amides is 2. The second kappa shape index (κ2) is 21.2. The Labute approximate surface area is 270 Å². The van der Waals surface area contributed by atoms with Crippen LogP contribution in [0, 0.1) is 0 Å². The Hall–Kier alpha value is -1.79. The van der Waals surface area contributed by atoms with E-state index in [0.29, 0.717) is 19.3 Å². The first-order valence-electron chi connectivity index (χ1n) is 16.6. The minimum atomic E-state index is -1.79. The Balaban J connectivity index is 1.74. The number of Topliss-reactive ketones (excluding diaryl/α,β-unsaturated/α-hetero) is 1. The Morgan fingerprint density at radius 3 is 1.87 bits per heavy atom. The minimum Gasteiger partial charge on any atom is -0.394 e. The fourth-order valence-electron chi connectivity index (χ4n) is 5.64. The summed E-state index contributed by atoms with van der Waals surface area (Å²) in [7, 11) is 0. The van der Waals surface area contributed by atoms with Crippen LogP contribution in [0.1, 0.15) is 97.3 Å². The zero-order valence-corrected chi connectivity index (χ0v) is 27.0. The topological polar surface area (TPSA) is 245 Å². The van der Waals surface area contributed by atoms with Gasteiger partial charge in [-0.3, -0.25) is 14.4 Å². The second-order valence-electron chi connectivity index (χ2n) is 12.3. The van der Waals surface area contributed by atoms with E-state index in [4.69, 9.17) is 14.2 Å². The van der Waals surface area contributed by atoms with Gasteiger partial charge in [0.25, 0.3) is 0 Å². The van der Waals surface area contributed by atoms with Gasteiger partial charge in [0.1, 0.15) is 48.8 Å². The molecule has 0 aromatic heterocycles. The monoisotopic (exact) mass is 664 g/mol. The molecule has 2 amide bonds. The van der Waals surface area contributed by atoms with Crippen LogP contribution in [0.15, 0.2) is 0 Å². The summed E-state index contributed by atoms with van der Waals surface area (Å²) in [5, 5.41) is 75.9. The highest BCUT2D eigenvalue weighted by Gasteiger charge is 2.50. The molecular formula is C31H56N2O13. The third-order valence-corrected chi connectivity index (χ3v) is 8.54. The molecule has 0 aliphatic carbocycles. The number of aliphatic hydroxyl groups excluding tert-OH is 7. The van der Waals surface area contributed by atoms with E-state index >= 15 is 0 Å². The van der Waals surface area contributed by atoms with E-state index in [2.05, 4.69) is 17.6 Å². The molecule has 2 aliphatic rings. The maximum absolute atomic E-state index is 12.5. The van der Waals surface area contributed by atoms with Gasteiger partial charge in [-0.15, -0.1) is 0 Å². The first-order valence-corrected chi connectivity index (χ1v) is 16.6. The number of rotatable bonds is 21. The molecule has 2 rings (SSSR count). The van der Waals surface area contributed by atoms with Crippen LogP contribution in [0.25, 0.3) is 0 Å². The van der Waals surface area contributed by atoms with Crippen LogP contribution in [0.4, 0.5) is 0 Å². The molecule has 15 nitrogen and oxygen atoms in total. The number of hydrogen-bond acceptors (Lipinski definition) is 13. The molecule has 15 heteroatoms. The molecule has 268 valence electrons. The highest BCUT2D eigenvalue weighted by Crippen LogP contribution is 2.28. The summed E-state index contributed by atoms with van der Waals surface area (Å²) in [6.07, 6.45) is -5.30. The maximum Gasteiger partial charge on any atom is 0.222 e. The lowest BCUT2D eigenvalue weighted by Crippen LogP contribution is -2.66. The first-order chi connectivity index (χ1) is 21.9. The summed E-state index contributed by atoms with van der Waals surface area (Å²) in [5.41, 5.74) is 0. The van der Waals surface area contributed by atoms with Crippen LogP contribution in [0.5, 0.6) is 0 Å². The summed E-state index contributed by atoms with van der Waals surface area (Å²) < 4.78 is 16.3. The Kier molecular flexibility index (Phi) is 18.6. The van der Waals surface area contributed by atoms with Gasteiger partial charge >= 0.3 is 0 Å². The van der Waals surface area contributed by atoms with E-state index in [1.165, 1.54) is 39.0 Å². The van der Waals surface area contributed by atoms with Crippen molar-refractivity contribution in [3.05, 3.63) is 0 Å². The molecule has 2 saturated heterocycles. The third-order valence-electron chi connectivity index (χ3n) is 8.54. The lowest BCUT2D eigenvalue weighted by atomic mass is 9.96. The first kappa shape index (κ1) is 40.4. The zero-order chi connectivity index (χ0) is 34.2. The maximum atomic E-state index is 12.5. The van der Waals surface area contributed by atoms with Crippen molar-refractivity contribution < 1.29 is 64.3 Å². The number of ether oxygens (including phenoxy) is 3. The van der Waals surface area contributed by atoms with Crippen molar-refractivity contribution in [2.24, 2.45) is 0 Å². The van der Waals surface area contributed by atoms with Crippen LogP contribution in [0.3, 0.4) is 0 Å². The van der Waals surface area contributed by atoms with Gasteiger partial charge in [0.15, 0.2) is 18.3 Å². The van der Waals surface area contributed by atoms with E-state index < -0.39 is 86.5 Å². The van der Waals surface area contributed by atoms with E-state index in [1.54, 1.807) is 0 Å². The number of carbonyl (C=O) groups is 3. The average molecular weight is 665 g/mol. The quantitative estimate of drug-likeness (QED) is 0.0662. The van der Waals surface area contributed by atoms with Gasteiger partial charge in [0.05, 0.1) is 19.3 Å². The smallest absolute Gasteiger partial charge is 0.222 e. The molecule has 0 radical (unpaired) electrons. The number of carbonyl (C=O) groups excluding carboxylic acids is 3. The number of unbranched alkanes of at least 4 members (excludes halogenated alkanes) is 8. The molecule has 2 fully saturated rings. The zero-order valence-electron chi connectivity index (χ0n) is 27.0. The molecule has 9 N–H and O–H groups in total. The Bertz CT molecular complexity index is 908. The van der Waals surface area contributed by atoms with Gasteiger partial charge in [-0.05, 0) is 26.2 Å². The van der Waals surface area contributed by atoms with Crippen LogP contribution in [-0.2, 0) is 28.6 Å². The fraction of sp³-hybridized carbons (Fsp3) is 0.903. The normalized spacial score (nSPS) is 32.1. The fourth-order valence-corrected chi connectivity index (χ4v) is 5.64. The molecule has 0 saturated carbocycles. The number of aliphatic hydroxyl groups is 7. The van der Waals surface area contributed by atoms with Gasteiger partial charge < -0.3 is 60.6 Å². The summed E-state index contributed by atoms with van der Waals surface area (Å²) >= 11 is 0. The third kappa shape index (κ3) is 12.7. The van der Waals surface area contributed by atoms with Crippen LogP contribution in [0.2, 0.25) is 0 Å². The SMILES string of the molecule is CCCCCCCCCCC(NC(=O)CCCCC(=O)N[C@@H]1OC(CO)[C@@H](O[C@@H]2OC(CO)[C@H](O)C(O)[C@@H]2O)[C@H](O)C1O)C(C)=O. The van der Waals surface area contributed by atoms with Crippen LogP contribution in [-0.4, -0.2) is 134 Å². The largest absolute Gasteiger partial charge is 0.394 e. The molecule has 5 unspecified atom stereocenters. The summed E-state index contributed by atoms with van der Waals surface area (Å²) in [4.78, 5) is 37.0. The summed E-state index contributed by atoms with van der Waals surface area (Å²) in [6, 6.07) is -0.528. The van der Waals surface area contributed by atoms with Crippen molar-refractivity contribution >= 4 is 17.6 Å². The lowest BCUT2D eigenvalue weighted by molar-refractivity contribution is -0.343. The molecule has 0 aromatic rings. The van der Waals surface area contributed by atoms with Crippen molar-refractivity contribution in [3.63, 3.8) is 0 Å². The van der Waals surface area contributed by atoms with Gasteiger partial charge in [-0.2, -0.15) is 0 Å². The van der Waals surface area contributed by atoms with Crippen molar-refractivity contribution in [1.82, 2.24) is 10.6 Å². The minimum absolute atomic E-state index is 0.0288. The molecule has 46 heavy (non-hydrogen) atoms. The average Bonchev–Trinajstić information content (AvgIpc) is 3.03. The van der Waals surface area contributed by atoms with E-state index in [9.17, 15) is 50.1 Å². The summed E-state index contributed by atoms with van der Waals surface area (Å²) in [6.45, 7) is 2.21. The van der Waals surface area contributed by atoms with Crippen LogP contribution >= 0.6 is 0 Å². The van der Waals surface area contributed by atoms with Gasteiger partial charge in [-0.25, -0.2) is 0 Å². The van der Waals surface area contributed by atoms with Crippen molar-refractivity contribution in [2.75, 3.05) is 13.2 Å². The molecule has 2 aliphatic heterocycles. The lowest BCUT2D eigenvalue weighted by Gasteiger charge is -2.46. The molecular weight excluding hydrogens is 608 g/mol. The highest BCUT2D eigenvalue weighted by atomic mass is 16.7. The molecule has 0 spiro atoms. The molecule has 11 atom stereocenters. The summed E-state index contributed by atoms with van der Waals surface area (Å²) in [5.74, 6) is -0.908. The Morgan fingerprint density at radius 2 is 1.28 bits per heavy atom. The number of nitrogens with one attached hydrogen (secondary N) is 2. The predicted molar refractivity (Wildman–Crippen MR) is 163 cm³/mol. The van der Waals surface area contributed by atoms with Crippen molar-refractivity contribution in [3.8, 4) is 0 Å². The van der Waals surface area contributed by atoms with E-state index in [0.717, 1.165) is 19.3 Å². The van der Waals surface area contributed by atoms with Gasteiger partial charge in [0, 0.05) is 12.8 Å². The molecule has 0 bridgehead atoms. The molecule has 0 aromatic carbocycles. The number of hydrogen-bond donors (Lipinski definition) is 9. The van der Waals surface area contributed by atoms with Gasteiger partial charge in [0.2, 0.25) is 11.8 Å². The highest BCUT2D eigenvalue weighted by molar-refractivity contribution is 5.87. The van der Waals surface area contributed by atoms with Crippen LogP contribution < -0.4 is 10.6 Å².